The van der Waals surface area contributed by atoms with Crippen molar-refractivity contribution in [2.45, 2.75) is 4.90 Å². The molecule has 1 aliphatic rings. The van der Waals surface area contributed by atoms with E-state index in [1.54, 1.807) is 78.9 Å². The molecule has 4 aromatic rings. The number of imide groups is 2. The van der Waals surface area contributed by atoms with Gasteiger partial charge in [0.25, 0.3) is 11.8 Å². The molecule has 11 heteroatoms. The molecule has 9 nitrogen and oxygen atoms in total. The summed E-state index contributed by atoms with van der Waals surface area (Å²) >= 11 is 3.32. The van der Waals surface area contributed by atoms with Crippen LogP contribution in [0.1, 0.15) is 5.56 Å². The second kappa shape index (κ2) is 11.4. The van der Waals surface area contributed by atoms with E-state index in [0.29, 0.717) is 5.56 Å². The fourth-order valence-corrected chi connectivity index (χ4v) is 5.78. The number of benzene rings is 4. The molecule has 4 aromatic carbocycles. The van der Waals surface area contributed by atoms with Gasteiger partial charge in [-0.3, -0.25) is 9.59 Å². The molecule has 41 heavy (non-hydrogen) atoms. The van der Waals surface area contributed by atoms with E-state index in [4.69, 9.17) is 8.92 Å². The molecule has 0 aliphatic carbocycles. The van der Waals surface area contributed by atoms with Crippen LogP contribution in [0.15, 0.2) is 118 Å². The molecule has 0 aromatic heterocycles. The molecule has 1 aliphatic heterocycles. The number of hydrogen-bond acceptors (Lipinski definition) is 7. The minimum absolute atomic E-state index is 0.0253. The number of carbonyl (C=O) groups excluding carboxylic acids is 3. The predicted molar refractivity (Wildman–Crippen MR) is 156 cm³/mol. The van der Waals surface area contributed by atoms with E-state index < -0.39 is 28.0 Å². The molecular weight excluding hydrogens is 612 g/mol. The number of halogens is 1. The van der Waals surface area contributed by atoms with E-state index >= 15 is 0 Å². The number of nitrogens with zero attached hydrogens (tertiary/aromatic N) is 2. The molecule has 206 valence electrons. The number of anilines is 2. The fraction of sp³-hybridized carbons (Fsp3) is 0.0333. The second-order valence-electron chi connectivity index (χ2n) is 8.68. The maximum Gasteiger partial charge on any atom is 0.343 e. The monoisotopic (exact) mass is 632 g/mol. The Balaban J connectivity index is 1.59. The highest BCUT2D eigenvalue weighted by molar-refractivity contribution is 9.10. The first-order valence-electron chi connectivity index (χ1n) is 12.1. The van der Waals surface area contributed by atoms with Crippen molar-refractivity contribution in [3.05, 3.63) is 119 Å². The van der Waals surface area contributed by atoms with E-state index in [9.17, 15) is 22.8 Å². The summed E-state index contributed by atoms with van der Waals surface area (Å²) in [6.45, 7) is 0. The standard InChI is InChI=1S/C30H21BrN2O7S/c1-39-26-19-20(18-25(31)27(26)40-41(37,38)23-15-9-4-10-16-23)17-24-28(34)32(21-11-5-2-6-12-21)30(36)33(29(24)35)22-13-7-3-8-14-22/h2-19H,1H3. The van der Waals surface area contributed by atoms with Crippen LogP contribution in [0.4, 0.5) is 16.2 Å². The summed E-state index contributed by atoms with van der Waals surface area (Å²) in [6, 6.07) is 26.2. The predicted octanol–water partition coefficient (Wildman–Crippen LogP) is 5.81. The maximum atomic E-state index is 13.6. The first kappa shape index (κ1) is 27.8. The SMILES string of the molecule is COc1cc(C=C2C(=O)N(c3ccccc3)C(=O)N(c3ccccc3)C2=O)cc(Br)c1OS(=O)(=O)c1ccccc1. The Labute approximate surface area is 244 Å². The Morgan fingerprint density at radius 3 is 1.71 bits per heavy atom. The third kappa shape index (κ3) is 5.49. The van der Waals surface area contributed by atoms with Gasteiger partial charge in [0, 0.05) is 0 Å². The van der Waals surface area contributed by atoms with Crippen LogP contribution in [0.2, 0.25) is 0 Å². The third-order valence-electron chi connectivity index (χ3n) is 6.07. The van der Waals surface area contributed by atoms with Gasteiger partial charge in [0.05, 0.1) is 23.0 Å². The van der Waals surface area contributed by atoms with Gasteiger partial charge in [-0.05, 0) is 76.1 Å². The minimum atomic E-state index is -4.19. The number of methoxy groups -OCH3 is 1. The van der Waals surface area contributed by atoms with Crippen LogP contribution in [0.3, 0.4) is 0 Å². The fourth-order valence-electron chi connectivity index (χ4n) is 4.15. The summed E-state index contributed by atoms with van der Waals surface area (Å²) in [4.78, 5) is 42.5. The van der Waals surface area contributed by atoms with Crippen LogP contribution in [0.25, 0.3) is 6.08 Å². The normalized spacial score (nSPS) is 13.8. The Morgan fingerprint density at radius 2 is 1.22 bits per heavy atom. The molecule has 1 fully saturated rings. The lowest BCUT2D eigenvalue weighted by Crippen LogP contribution is -2.57. The van der Waals surface area contributed by atoms with Gasteiger partial charge in [0.2, 0.25) is 0 Å². The van der Waals surface area contributed by atoms with Gasteiger partial charge in [0.15, 0.2) is 11.5 Å². The molecule has 0 N–H and O–H groups in total. The molecular formula is C30H21BrN2O7S. The molecule has 1 saturated heterocycles. The number of barbiturate groups is 1. The van der Waals surface area contributed by atoms with E-state index in [1.165, 1.54) is 37.5 Å². The highest BCUT2D eigenvalue weighted by Gasteiger charge is 2.43. The van der Waals surface area contributed by atoms with Crippen molar-refractivity contribution >= 4 is 61.3 Å². The molecule has 4 amide bonds. The Kier molecular flexibility index (Phi) is 7.73. The van der Waals surface area contributed by atoms with Gasteiger partial charge < -0.3 is 8.92 Å². The summed E-state index contributed by atoms with van der Waals surface area (Å²) in [5.41, 5.74) is 0.591. The Morgan fingerprint density at radius 1 is 0.732 bits per heavy atom. The van der Waals surface area contributed by atoms with E-state index in [2.05, 4.69) is 15.9 Å². The third-order valence-corrected chi connectivity index (χ3v) is 7.89. The molecule has 0 unspecified atom stereocenters. The van der Waals surface area contributed by atoms with E-state index in [-0.39, 0.29) is 37.8 Å². The molecule has 0 spiro atoms. The number of carbonyl (C=O) groups is 3. The lowest BCUT2D eigenvalue weighted by Gasteiger charge is -2.34. The average Bonchev–Trinajstić information content (AvgIpc) is 2.98. The first-order valence-corrected chi connectivity index (χ1v) is 14.3. The lowest BCUT2D eigenvalue weighted by molar-refractivity contribution is -0.121. The van der Waals surface area contributed by atoms with Crippen molar-refractivity contribution in [1.29, 1.82) is 0 Å². The van der Waals surface area contributed by atoms with E-state index in [0.717, 1.165) is 9.80 Å². The number of rotatable bonds is 7. The first-order chi connectivity index (χ1) is 19.7. The van der Waals surface area contributed by atoms with Crippen LogP contribution in [0, 0.1) is 0 Å². The molecule has 0 saturated carbocycles. The number of para-hydroxylation sites is 2. The zero-order valence-corrected chi connectivity index (χ0v) is 23.8. The number of hydrogen-bond donors (Lipinski definition) is 0. The Hall–Kier alpha value is -4.74. The van der Waals surface area contributed by atoms with Crippen molar-refractivity contribution in [3.8, 4) is 11.5 Å². The number of urea groups is 1. The van der Waals surface area contributed by atoms with Crippen LogP contribution in [0.5, 0.6) is 11.5 Å². The highest BCUT2D eigenvalue weighted by Crippen LogP contribution is 2.39. The van der Waals surface area contributed by atoms with Gasteiger partial charge in [-0.15, -0.1) is 0 Å². The molecule has 0 bridgehead atoms. The van der Waals surface area contributed by atoms with Crippen molar-refractivity contribution in [2.75, 3.05) is 16.9 Å². The van der Waals surface area contributed by atoms with Crippen LogP contribution in [-0.4, -0.2) is 33.4 Å². The van der Waals surface area contributed by atoms with Crippen molar-refractivity contribution in [2.24, 2.45) is 0 Å². The van der Waals surface area contributed by atoms with Gasteiger partial charge in [-0.25, -0.2) is 14.6 Å². The molecule has 0 radical (unpaired) electrons. The van der Waals surface area contributed by atoms with Gasteiger partial charge in [-0.1, -0.05) is 54.6 Å². The summed E-state index contributed by atoms with van der Waals surface area (Å²) in [6.07, 6.45) is 1.31. The summed E-state index contributed by atoms with van der Waals surface area (Å²) in [7, 11) is -2.87. The van der Waals surface area contributed by atoms with Crippen molar-refractivity contribution in [3.63, 3.8) is 0 Å². The Bertz CT molecular complexity index is 1710. The van der Waals surface area contributed by atoms with Crippen molar-refractivity contribution < 1.29 is 31.7 Å². The van der Waals surface area contributed by atoms with Gasteiger partial charge >= 0.3 is 16.1 Å². The molecule has 1 heterocycles. The zero-order valence-electron chi connectivity index (χ0n) is 21.4. The lowest BCUT2D eigenvalue weighted by atomic mass is 10.0. The highest BCUT2D eigenvalue weighted by atomic mass is 79.9. The average molecular weight is 633 g/mol. The zero-order chi connectivity index (χ0) is 29.1. The smallest absolute Gasteiger partial charge is 0.343 e. The minimum Gasteiger partial charge on any atom is -0.493 e. The molecule has 0 atom stereocenters. The summed E-state index contributed by atoms with van der Waals surface area (Å²) in [5, 5.41) is 0. The van der Waals surface area contributed by atoms with Gasteiger partial charge in [-0.2, -0.15) is 8.42 Å². The summed E-state index contributed by atoms with van der Waals surface area (Å²) in [5.74, 6) is -1.73. The topological polar surface area (TPSA) is 110 Å². The van der Waals surface area contributed by atoms with Crippen LogP contribution < -0.4 is 18.7 Å². The maximum absolute atomic E-state index is 13.6. The summed E-state index contributed by atoms with van der Waals surface area (Å²) < 4.78 is 36.6. The van der Waals surface area contributed by atoms with Crippen molar-refractivity contribution in [1.82, 2.24) is 0 Å². The molecule has 5 rings (SSSR count). The number of amides is 4. The largest absolute Gasteiger partial charge is 0.493 e. The van der Waals surface area contributed by atoms with E-state index in [1.807, 2.05) is 0 Å². The quantitative estimate of drug-likeness (QED) is 0.144. The van der Waals surface area contributed by atoms with Crippen LogP contribution in [-0.2, 0) is 19.7 Å². The van der Waals surface area contributed by atoms with Gasteiger partial charge in [0.1, 0.15) is 10.5 Å². The van der Waals surface area contributed by atoms with Crippen LogP contribution >= 0.6 is 15.9 Å². The number of ether oxygens (including phenoxy) is 1. The second-order valence-corrected chi connectivity index (χ2v) is 11.1.